The summed E-state index contributed by atoms with van der Waals surface area (Å²) in [6.45, 7) is 2.05. The number of para-hydroxylation sites is 2. The molecule has 0 aromatic heterocycles. The van der Waals surface area contributed by atoms with Crippen molar-refractivity contribution in [1.82, 2.24) is 0 Å². The van der Waals surface area contributed by atoms with Gasteiger partial charge < -0.3 is 23.5 Å². The van der Waals surface area contributed by atoms with E-state index in [9.17, 15) is 0 Å². The number of halogens is 1. The number of rotatable bonds is 5. The molecule has 0 spiro atoms. The van der Waals surface area contributed by atoms with Gasteiger partial charge in [-0.3, -0.25) is 0 Å². The first-order valence-electron chi connectivity index (χ1n) is 11.7. The molecule has 4 N–H and O–H groups in total. The van der Waals surface area contributed by atoms with Crippen molar-refractivity contribution in [2.45, 2.75) is 6.92 Å². The summed E-state index contributed by atoms with van der Waals surface area (Å²) in [5, 5.41) is 3.46. The molecule has 0 saturated heterocycles. The Kier molecular flexibility index (Phi) is 7.84. The zero-order valence-corrected chi connectivity index (χ0v) is 20.8. The van der Waals surface area contributed by atoms with Crippen LogP contribution in [0.15, 0.2) is 133 Å². The minimum absolute atomic E-state index is 0. The maximum absolute atomic E-state index is 6.13. The second-order valence-electron chi connectivity index (χ2n) is 8.58. The lowest BCUT2D eigenvalue weighted by molar-refractivity contribution is -0.351. The van der Waals surface area contributed by atoms with Crippen LogP contribution in [0.4, 0.5) is 22.7 Å². The molecule has 0 bridgehead atoms. The van der Waals surface area contributed by atoms with Crippen LogP contribution in [0, 0.1) is 6.92 Å². The molecule has 0 fully saturated rings. The average Bonchev–Trinajstić information content (AvgIpc) is 2.90. The third kappa shape index (κ3) is 5.83. The van der Waals surface area contributed by atoms with Crippen LogP contribution in [-0.2, 0) is 0 Å². The topological polar surface area (TPSA) is 52.0 Å². The van der Waals surface area contributed by atoms with Gasteiger partial charge in [0.15, 0.2) is 0 Å². The summed E-state index contributed by atoms with van der Waals surface area (Å²) in [5.41, 5.74) is 16.9. The highest BCUT2D eigenvalue weighted by Crippen LogP contribution is 2.32. The van der Waals surface area contributed by atoms with Gasteiger partial charge in [-0.25, -0.2) is 4.99 Å². The van der Waals surface area contributed by atoms with Gasteiger partial charge in [0.2, 0.25) is 11.4 Å². The summed E-state index contributed by atoms with van der Waals surface area (Å²) in [7, 11) is 0. The molecule has 4 aromatic rings. The number of nitrogens with one attached hydrogen (secondary N) is 2. The average molecular weight is 490 g/mol. The molecule has 0 amide bonds. The van der Waals surface area contributed by atoms with Crippen molar-refractivity contribution in [2.75, 3.05) is 11.1 Å². The van der Waals surface area contributed by atoms with Gasteiger partial charge in [0.05, 0.1) is 0 Å². The van der Waals surface area contributed by atoms with E-state index >= 15 is 0 Å². The third-order valence-electron chi connectivity index (χ3n) is 6.03. The van der Waals surface area contributed by atoms with Crippen molar-refractivity contribution in [2.24, 2.45) is 0 Å². The predicted molar refractivity (Wildman–Crippen MR) is 148 cm³/mol. The van der Waals surface area contributed by atoms with E-state index in [1.54, 1.807) is 0 Å². The van der Waals surface area contributed by atoms with Crippen LogP contribution in [0.3, 0.4) is 0 Å². The molecule has 1 aliphatic rings. The molecule has 5 rings (SSSR count). The third-order valence-corrected chi connectivity index (χ3v) is 6.03. The molecule has 0 atom stereocenters. The molecule has 0 saturated carbocycles. The molecular formula is C32H28ClN3. The molecule has 1 aliphatic carbocycles. The van der Waals surface area contributed by atoms with Crippen molar-refractivity contribution in [1.29, 1.82) is 0 Å². The largest absolute Gasteiger partial charge is 1.00 e. The van der Waals surface area contributed by atoms with Crippen LogP contribution in [-0.4, -0.2) is 5.71 Å². The molecule has 0 radical (unpaired) electrons. The highest BCUT2D eigenvalue weighted by molar-refractivity contribution is 6.03. The van der Waals surface area contributed by atoms with E-state index in [0.29, 0.717) is 0 Å². The monoisotopic (exact) mass is 489 g/mol. The predicted octanol–water partition coefficient (Wildman–Crippen LogP) is 3.11. The zero-order valence-electron chi connectivity index (χ0n) is 20.1. The lowest BCUT2D eigenvalue weighted by Gasteiger charge is -2.15. The van der Waals surface area contributed by atoms with Gasteiger partial charge in [0.1, 0.15) is 0 Å². The number of benzene rings is 4. The van der Waals surface area contributed by atoms with Gasteiger partial charge in [0.25, 0.3) is 0 Å². The van der Waals surface area contributed by atoms with E-state index in [-0.39, 0.29) is 12.4 Å². The van der Waals surface area contributed by atoms with Gasteiger partial charge in [-0.2, -0.15) is 0 Å². The number of nitrogens with two attached hydrogens (primary N) is 1. The Balaban J connectivity index is 0.00000304. The summed E-state index contributed by atoms with van der Waals surface area (Å²) in [5.74, 6) is 0. The van der Waals surface area contributed by atoms with Gasteiger partial charge in [-0.05, 0) is 83.3 Å². The number of aryl methyl sites for hydroxylation is 1. The van der Waals surface area contributed by atoms with E-state index < -0.39 is 0 Å². The Hall–Kier alpha value is -4.34. The van der Waals surface area contributed by atoms with Crippen molar-refractivity contribution >= 4 is 34.0 Å². The maximum Gasteiger partial charge on any atom is 0.203 e. The molecule has 178 valence electrons. The molecule has 4 heteroatoms. The zero-order chi connectivity index (χ0) is 24.0. The molecular weight excluding hydrogens is 462 g/mol. The van der Waals surface area contributed by atoms with Crippen LogP contribution >= 0.6 is 0 Å². The molecule has 0 aliphatic heterocycles. The number of allylic oxidation sites excluding steroid dienone is 5. The van der Waals surface area contributed by atoms with Gasteiger partial charge in [0, 0.05) is 41.3 Å². The highest BCUT2D eigenvalue weighted by atomic mass is 35.5. The Labute approximate surface area is 218 Å². The van der Waals surface area contributed by atoms with Crippen molar-refractivity contribution < 1.29 is 17.4 Å². The van der Waals surface area contributed by atoms with Crippen LogP contribution in [0.25, 0.3) is 5.57 Å². The van der Waals surface area contributed by atoms with Gasteiger partial charge >= 0.3 is 0 Å². The first-order valence-corrected chi connectivity index (χ1v) is 11.7. The summed E-state index contributed by atoms with van der Waals surface area (Å²) >= 11 is 0. The van der Waals surface area contributed by atoms with E-state index in [1.807, 2.05) is 42.5 Å². The highest BCUT2D eigenvalue weighted by Gasteiger charge is 2.14. The fourth-order valence-corrected chi connectivity index (χ4v) is 4.15. The quantitative estimate of drug-likeness (QED) is 0.377. The number of hydrogen-bond donors (Lipinski definition) is 3. The van der Waals surface area contributed by atoms with Crippen LogP contribution in [0.2, 0.25) is 0 Å². The number of hydrogen-bond acceptors (Lipinski definition) is 2. The minimum atomic E-state index is 0. The Morgan fingerprint density at radius 3 is 1.89 bits per heavy atom. The van der Waals surface area contributed by atoms with E-state index in [1.165, 1.54) is 5.57 Å². The lowest BCUT2D eigenvalue weighted by Crippen LogP contribution is -3.00. The molecule has 0 heterocycles. The van der Waals surface area contributed by atoms with Crippen molar-refractivity contribution in [3.8, 4) is 0 Å². The van der Waals surface area contributed by atoms with E-state index in [4.69, 9.17) is 5.73 Å². The molecule has 3 nitrogen and oxygen atoms in total. The lowest BCUT2D eigenvalue weighted by atomic mass is 9.90. The van der Waals surface area contributed by atoms with Crippen molar-refractivity contribution in [3.05, 3.63) is 150 Å². The first-order chi connectivity index (χ1) is 17.2. The molecule has 0 unspecified atom stereocenters. The second kappa shape index (κ2) is 11.4. The summed E-state index contributed by atoms with van der Waals surface area (Å²) in [6.07, 6.45) is 8.58. The Morgan fingerprint density at radius 1 is 0.667 bits per heavy atom. The minimum Gasteiger partial charge on any atom is -1.00 e. The SMILES string of the molecule is Cc1cc(C(=C2C=CC(=[NH+]c3ccccc3)C=C2)c2ccc(Nc3ccccc3)cc2)ccc1N.[Cl-]. The molecule has 4 aromatic carbocycles. The fraction of sp³-hybridized carbons (Fsp3) is 0.0312. The first kappa shape index (κ1) is 24.8. The second-order valence-corrected chi connectivity index (χ2v) is 8.58. The standard InChI is InChI=1S/C32H27N3.ClH/c1-23-22-26(16-21-31(23)33)32(24-12-17-29(18-13-24)34-27-8-4-2-5-9-27)25-14-19-30(20-15-25)35-28-10-6-3-7-11-28;/h2-22,34H,33H2,1H3;1H. The van der Waals surface area contributed by atoms with Crippen LogP contribution in [0.5, 0.6) is 0 Å². The van der Waals surface area contributed by atoms with Crippen LogP contribution in [0.1, 0.15) is 16.7 Å². The Bertz CT molecular complexity index is 1430. The number of nitrogen functional groups attached to an aromatic ring is 1. The van der Waals surface area contributed by atoms with E-state index in [2.05, 4.69) is 102 Å². The fourth-order valence-electron chi connectivity index (χ4n) is 4.15. The van der Waals surface area contributed by atoms with E-state index in [0.717, 1.165) is 50.7 Å². The summed E-state index contributed by atoms with van der Waals surface area (Å²) < 4.78 is 0. The molecule has 36 heavy (non-hydrogen) atoms. The van der Waals surface area contributed by atoms with Gasteiger partial charge in [-0.1, -0.05) is 54.6 Å². The normalized spacial score (nSPS) is 12.1. The van der Waals surface area contributed by atoms with Crippen LogP contribution < -0.4 is 28.4 Å². The smallest absolute Gasteiger partial charge is 0.203 e. The number of anilines is 3. The summed E-state index contributed by atoms with van der Waals surface area (Å²) in [6, 6.07) is 35.2. The summed E-state index contributed by atoms with van der Waals surface area (Å²) in [4.78, 5) is 3.46. The van der Waals surface area contributed by atoms with Crippen molar-refractivity contribution in [3.63, 3.8) is 0 Å². The van der Waals surface area contributed by atoms with Gasteiger partial charge in [-0.15, -0.1) is 0 Å². The maximum atomic E-state index is 6.13. The Morgan fingerprint density at radius 2 is 1.25 bits per heavy atom.